The van der Waals surface area contributed by atoms with Gasteiger partial charge in [0.25, 0.3) is 0 Å². The number of ether oxygens (including phenoxy) is 1. The number of hydrogen-bond acceptors (Lipinski definition) is 4. The molecule has 0 spiro atoms. The Morgan fingerprint density at radius 3 is 2.75 bits per heavy atom. The smallest absolute Gasteiger partial charge is 0.225 e. The summed E-state index contributed by atoms with van der Waals surface area (Å²) in [7, 11) is 0. The van der Waals surface area contributed by atoms with Gasteiger partial charge in [0.15, 0.2) is 0 Å². The van der Waals surface area contributed by atoms with Crippen molar-refractivity contribution in [2.24, 2.45) is 0 Å². The van der Waals surface area contributed by atoms with Crippen LogP contribution in [0, 0.1) is 6.92 Å². The first kappa shape index (κ1) is 12.6. The number of aliphatic hydroxyl groups is 1. The molecule has 2 heterocycles. The molecule has 0 saturated heterocycles. The predicted octanol–water partition coefficient (Wildman–Crippen LogP) is 3.22. The maximum absolute atomic E-state index is 9.46. The zero-order valence-electron chi connectivity index (χ0n) is 11.1. The van der Waals surface area contributed by atoms with Crippen LogP contribution in [-0.2, 0) is 6.61 Å². The van der Waals surface area contributed by atoms with Gasteiger partial charge >= 0.3 is 0 Å². The maximum atomic E-state index is 9.46. The fourth-order valence-corrected chi connectivity index (χ4v) is 1.97. The lowest BCUT2D eigenvalue weighted by atomic mass is 10.1. The number of nitrogens with zero attached hydrogens (tertiary/aromatic N) is 2. The van der Waals surface area contributed by atoms with E-state index in [1.54, 1.807) is 6.20 Å². The van der Waals surface area contributed by atoms with E-state index in [1.807, 2.05) is 49.4 Å². The van der Waals surface area contributed by atoms with E-state index in [1.165, 1.54) is 0 Å². The van der Waals surface area contributed by atoms with Crippen molar-refractivity contribution in [2.75, 3.05) is 0 Å². The molecule has 0 aliphatic rings. The van der Waals surface area contributed by atoms with Crippen LogP contribution in [0.15, 0.2) is 48.7 Å². The van der Waals surface area contributed by atoms with E-state index in [9.17, 15) is 5.11 Å². The molecule has 2 aromatic heterocycles. The van der Waals surface area contributed by atoms with Crippen molar-refractivity contribution in [3.05, 3.63) is 59.9 Å². The van der Waals surface area contributed by atoms with Crippen molar-refractivity contribution in [1.82, 2.24) is 9.97 Å². The number of benzene rings is 1. The minimum atomic E-state index is -0.119. The Hall–Kier alpha value is -2.46. The highest BCUT2D eigenvalue weighted by atomic mass is 16.5. The minimum Gasteiger partial charge on any atom is -0.437 e. The highest BCUT2D eigenvalue weighted by molar-refractivity contribution is 5.80. The standard InChI is InChI=1S/C16H14N2O2/c1-11-6-7-14(9-17-11)20-16-13(10-19)8-12-4-2-3-5-15(12)18-16/h2-9,19H,10H2,1H3. The van der Waals surface area contributed by atoms with Gasteiger partial charge in [0.05, 0.1) is 18.3 Å². The van der Waals surface area contributed by atoms with Crippen LogP contribution >= 0.6 is 0 Å². The number of rotatable bonds is 3. The second-order valence-corrected chi connectivity index (χ2v) is 4.54. The Balaban J connectivity index is 2.03. The largest absolute Gasteiger partial charge is 0.437 e. The molecule has 4 heteroatoms. The van der Waals surface area contributed by atoms with Gasteiger partial charge in [0, 0.05) is 16.6 Å². The molecule has 1 aromatic carbocycles. The number of aromatic nitrogens is 2. The molecule has 0 aliphatic carbocycles. The number of aryl methyl sites for hydroxylation is 1. The molecule has 3 aromatic rings. The highest BCUT2D eigenvalue weighted by Crippen LogP contribution is 2.26. The average Bonchev–Trinajstić information content (AvgIpc) is 2.49. The molecule has 0 atom stereocenters. The van der Waals surface area contributed by atoms with Gasteiger partial charge in [-0.15, -0.1) is 0 Å². The number of fused-ring (bicyclic) bond motifs is 1. The second-order valence-electron chi connectivity index (χ2n) is 4.54. The average molecular weight is 266 g/mol. The molecule has 3 rings (SSSR count). The SMILES string of the molecule is Cc1ccc(Oc2nc3ccccc3cc2CO)cn1. The van der Waals surface area contributed by atoms with Crippen molar-refractivity contribution in [3.8, 4) is 11.6 Å². The first-order valence-electron chi connectivity index (χ1n) is 6.36. The topological polar surface area (TPSA) is 55.2 Å². The van der Waals surface area contributed by atoms with Crippen LogP contribution in [0.25, 0.3) is 10.9 Å². The fraction of sp³-hybridized carbons (Fsp3) is 0.125. The molecule has 0 radical (unpaired) electrons. The Labute approximate surface area is 116 Å². The van der Waals surface area contributed by atoms with Crippen molar-refractivity contribution in [2.45, 2.75) is 13.5 Å². The van der Waals surface area contributed by atoms with Crippen molar-refractivity contribution in [3.63, 3.8) is 0 Å². The van der Waals surface area contributed by atoms with Gasteiger partial charge in [0.2, 0.25) is 5.88 Å². The first-order chi connectivity index (χ1) is 9.76. The van der Waals surface area contributed by atoms with Gasteiger partial charge < -0.3 is 9.84 Å². The molecule has 4 nitrogen and oxygen atoms in total. The van der Waals surface area contributed by atoms with E-state index < -0.39 is 0 Å². The summed E-state index contributed by atoms with van der Waals surface area (Å²) in [6, 6.07) is 13.3. The third-order valence-electron chi connectivity index (χ3n) is 3.03. The van der Waals surface area contributed by atoms with Crippen LogP contribution in [-0.4, -0.2) is 15.1 Å². The van der Waals surface area contributed by atoms with Crippen LogP contribution in [0.1, 0.15) is 11.3 Å². The molecule has 0 unspecified atom stereocenters. The molecule has 0 bridgehead atoms. The van der Waals surface area contributed by atoms with E-state index in [0.717, 1.165) is 16.6 Å². The lowest BCUT2D eigenvalue weighted by Gasteiger charge is -2.10. The second kappa shape index (κ2) is 5.27. The minimum absolute atomic E-state index is 0.119. The molecular formula is C16H14N2O2. The normalized spacial score (nSPS) is 10.7. The van der Waals surface area contributed by atoms with Crippen LogP contribution in [0.3, 0.4) is 0 Å². The Morgan fingerprint density at radius 1 is 1.15 bits per heavy atom. The van der Waals surface area contributed by atoms with E-state index in [0.29, 0.717) is 17.2 Å². The van der Waals surface area contributed by atoms with Gasteiger partial charge in [-0.2, -0.15) is 0 Å². The van der Waals surface area contributed by atoms with E-state index in [4.69, 9.17) is 4.74 Å². The number of para-hydroxylation sites is 1. The molecular weight excluding hydrogens is 252 g/mol. The van der Waals surface area contributed by atoms with Crippen molar-refractivity contribution >= 4 is 10.9 Å². The Bertz CT molecular complexity index is 739. The van der Waals surface area contributed by atoms with E-state index >= 15 is 0 Å². The number of hydrogen-bond donors (Lipinski definition) is 1. The first-order valence-corrected chi connectivity index (χ1v) is 6.36. The molecule has 20 heavy (non-hydrogen) atoms. The quantitative estimate of drug-likeness (QED) is 0.790. The Morgan fingerprint density at radius 2 is 2.00 bits per heavy atom. The number of aliphatic hydroxyl groups excluding tert-OH is 1. The molecule has 0 amide bonds. The third-order valence-corrected chi connectivity index (χ3v) is 3.03. The third kappa shape index (κ3) is 2.46. The predicted molar refractivity (Wildman–Crippen MR) is 76.7 cm³/mol. The summed E-state index contributed by atoms with van der Waals surface area (Å²) < 4.78 is 5.73. The van der Waals surface area contributed by atoms with Gasteiger partial charge in [-0.3, -0.25) is 4.98 Å². The Kier molecular flexibility index (Phi) is 3.31. The van der Waals surface area contributed by atoms with Crippen LogP contribution in [0.2, 0.25) is 0 Å². The summed E-state index contributed by atoms with van der Waals surface area (Å²) in [5.74, 6) is 1.02. The van der Waals surface area contributed by atoms with Crippen molar-refractivity contribution in [1.29, 1.82) is 0 Å². The zero-order chi connectivity index (χ0) is 13.9. The fourth-order valence-electron chi connectivity index (χ4n) is 1.97. The molecule has 0 fully saturated rings. The summed E-state index contributed by atoms with van der Waals surface area (Å²) in [5, 5.41) is 10.4. The summed E-state index contributed by atoms with van der Waals surface area (Å²) in [6.45, 7) is 1.80. The van der Waals surface area contributed by atoms with Crippen LogP contribution in [0.5, 0.6) is 11.6 Å². The van der Waals surface area contributed by atoms with Crippen LogP contribution in [0.4, 0.5) is 0 Å². The lowest BCUT2D eigenvalue weighted by molar-refractivity contribution is 0.275. The lowest BCUT2D eigenvalue weighted by Crippen LogP contribution is -1.96. The van der Waals surface area contributed by atoms with Crippen LogP contribution < -0.4 is 4.74 Å². The summed E-state index contributed by atoms with van der Waals surface area (Å²) in [4.78, 5) is 8.63. The van der Waals surface area contributed by atoms with Crippen molar-refractivity contribution < 1.29 is 9.84 Å². The summed E-state index contributed by atoms with van der Waals surface area (Å²) >= 11 is 0. The van der Waals surface area contributed by atoms with Gasteiger partial charge in [0.1, 0.15) is 5.75 Å². The molecule has 0 aliphatic heterocycles. The number of pyridine rings is 2. The van der Waals surface area contributed by atoms with Gasteiger partial charge in [-0.1, -0.05) is 18.2 Å². The highest BCUT2D eigenvalue weighted by Gasteiger charge is 2.08. The summed E-state index contributed by atoms with van der Waals surface area (Å²) in [6.07, 6.45) is 1.65. The molecule has 0 saturated carbocycles. The maximum Gasteiger partial charge on any atom is 0.225 e. The molecule has 100 valence electrons. The van der Waals surface area contributed by atoms with Gasteiger partial charge in [-0.25, -0.2) is 4.98 Å². The van der Waals surface area contributed by atoms with Gasteiger partial charge in [-0.05, 0) is 31.2 Å². The monoisotopic (exact) mass is 266 g/mol. The molecule has 1 N–H and O–H groups in total. The summed E-state index contributed by atoms with van der Waals surface area (Å²) in [5.41, 5.74) is 2.41. The van der Waals surface area contributed by atoms with E-state index in [-0.39, 0.29) is 6.61 Å². The van der Waals surface area contributed by atoms with E-state index in [2.05, 4.69) is 9.97 Å². The zero-order valence-corrected chi connectivity index (χ0v) is 11.1.